The number of ether oxygens (including phenoxy) is 1. The van der Waals surface area contributed by atoms with Crippen LogP contribution in [0.4, 0.5) is 10.5 Å². The first kappa shape index (κ1) is 19.1. The van der Waals surface area contributed by atoms with Crippen molar-refractivity contribution in [3.63, 3.8) is 0 Å². The van der Waals surface area contributed by atoms with Gasteiger partial charge in [0.15, 0.2) is 0 Å². The van der Waals surface area contributed by atoms with Crippen LogP contribution in [-0.4, -0.2) is 60.6 Å². The molecule has 1 unspecified atom stereocenters. The molecule has 4 rings (SSSR count). The van der Waals surface area contributed by atoms with Crippen LogP contribution in [0.5, 0.6) is 5.75 Å². The van der Waals surface area contributed by atoms with Gasteiger partial charge in [-0.1, -0.05) is 19.1 Å². The largest absolute Gasteiger partial charge is 0.486 e. The van der Waals surface area contributed by atoms with Gasteiger partial charge >= 0.3 is 6.03 Å². The number of hydrogen-bond donors (Lipinski definition) is 0. The quantitative estimate of drug-likeness (QED) is 0.783. The van der Waals surface area contributed by atoms with E-state index in [1.54, 1.807) is 0 Å². The van der Waals surface area contributed by atoms with Gasteiger partial charge in [0.05, 0.1) is 12.2 Å². The summed E-state index contributed by atoms with van der Waals surface area (Å²) < 4.78 is 6.00. The molecule has 3 amide bonds. The second kappa shape index (κ2) is 8.41. The summed E-state index contributed by atoms with van der Waals surface area (Å²) in [7, 11) is 0. The fourth-order valence-electron chi connectivity index (χ4n) is 4.55. The van der Waals surface area contributed by atoms with Crippen molar-refractivity contribution < 1.29 is 14.3 Å². The van der Waals surface area contributed by atoms with Crippen molar-refractivity contribution in [2.45, 2.75) is 51.6 Å². The molecule has 3 aliphatic heterocycles. The third-order valence-electron chi connectivity index (χ3n) is 6.30. The van der Waals surface area contributed by atoms with Gasteiger partial charge in [0.2, 0.25) is 5.91 Å². The number of piperidine rings is 2. The zero-order chi connectivity index (χ0) is 19.5. The maximum absolute atomic E-state index is 13.3. The zero-order valence-electron chi connectivity index (χ0n) is 16.8. The lowest BCUT2D eigenvalue weighted by atomic mass is 9.94. The molecular weight excluding hydrogens is 354 g/mol. The Morgan fingerprint density at radius 3 is 2.43 bits per heavy atom. The summed E-state index contributed by atoms with van der Waals surface area (Å²) in [5, 5.41) is 0. The van der Waals surface area contributed by atoms with Gasteiger partial charge in [-0.15, -0.1) is 0 Å². The summed E-state index contributed by atoms with van der Waals surface area (Å²) in [6, 6.07) is 7.81. The average molecular weight is 386 g/mol. The number of nitrogens with zero attached hydrogens (tertiary/aromatic N) is 3. The van der Waals surface area contributed by atoms with E-state index in [-0.39, 0.29) is 18.1 Å². The number of benzene rings is 1. The number of likely N-dealkylation sites (tertiary alicyclic amines) is 2. The maximum atomic E-state index is 13.3. The molecule has 6 nitrogen and oxygen atoms in total. The number of urea groups is 1. The molecule has 1 aromatic carbocycles. The molecule has 1 atom stereocenters. The van der Waals surface area contributed by atoms with Crippen LogP contribution in [0.1, 0.15) is 45.4 Å². The minimum atomic E-state index is 0.0251. The lowest BCUT2D eigenvalue weighted by Gasteiger charge is -2.40. The standard InChI is InChI=1S/C22H31N3O3/c1-2-18-16-25(19-8-4-5-9-20(19)28-18)22(27)24-14-10-17(11-15-24)21(26)23-12-6-3-7-13-23/h4-5,8-9,17-18H,2-3,6-7,10-16H2,1H3. The number of anilines is 1. The topological polar surface area (TPSA) is 53.1 Å². The highest BCUT2D eigenvalue weighted by atomic mass is 16.5. The van der Waals surface area contributed by atoms with E-state index >= 15 is 0 Å². The van der Waals surface area contributed by atoms with Crippen molar-refractivity contribution in [3.8, 4) is 5.75 Å². The van der Waals surface area contributed by atoms with Gasteiger partial charge in [-0.2, -0.15) is 0 Å². The number of carbonyl (C=O) groups excluding carboxylic acids is 2. The predicted octanol–water partition coefficient (Wildman–Crippen LogP) is 3.51. The zero-order valence-corrected chi connectivity index (χ0v) is 16.8. The number of fused-ring (bicyclic) bond motifs is 1. The van der Waals surface area contributed by atoms with Gasteiger partial charge in [0.25, 0.3) is 0 Å². The van der Waals surface area contributed by atoms with Gasteiger partial charge in [0.1, 0.15) is 11.9 Å². The van der Waals surface area contributed by atoms with Crippen LogP contribution in [0.15, 0.2) is 24.3 Å². The van der Waals surface area contributed by atoms with Crippen molar-refractivity contribution in [1.82, 2.24) is 9.80 Å². The van der Waals surface area contributed by atoms with Crippen molar-refractivity contribution in [2.75, 3.05) is 37.6 Å². The van der Waals surface area contributed by atoms with E-state index in [0.29, 0.717) is 25.5 Å². The third kappa shape index (κ3) is 3.82. The second-order valence-electron chi connectivity index (χ2n) is 8.16. The molecule has 1 aromatic rings. The molecule has 3 heterocycles. The summed E-state index contributed by atoms with van der Waals surface area (Å²) in [6.07, 6.45) is 5.91. The van der Waals surface area contributed by atoms with Crippen molar-refractivity contribution in [2.24, 2.45) is 5.92 Å². The van der Waals surface area contributed by atoms with E-state index in [9.17, 15) is 9.59 Å². The first-order valence-corrected chi connectivity index (χ1v) is 10.8. The summed E-state index contributed by atoms with van der Waals surface area (Å²) >= 11 is 0. The number of para-hydroxylation sites is 2. The summed E-state index contributed by atoms with van der Waals surface area (Å²) in [4.78, 5) is 31.8. The summed E-state index contributed by atoms with van der Waals surface area (Å²) in [6.45, 7) is 5.78. The Hall–Kier alpha value is -2.24. The fourth-order valence-corrected chi connectivity index (χ4v) is 4.55. The third-order valence-corrected chi connectivity index (χ3v) is 6.30. The van der Waals surface area contributed by atoms with Crippen molar-refractivity contribution >= 4 is 17.6 Å². The highest BCUT2D eigenvalue weighted by Crippen LogP contribution is 2.35. The van der Waals surface area contributed by atoms with Gasteiger partial charge in [-0.3, -0.25) is 9.69 Å². The van der Waals surface area contributed by atoms with Crippen LogP contribution in [0.3, 0.4) is 0 Å². The first-order chi connectivity index (χ1) is 13.7. The highest BCUT2D eigenvalue weighted by molar-refractivity contribution is 5.94. The Balaban J connectivity index is 1.39. The molecule has 152 valence electrons. The van der Waals surface area contributed by atoms with Crippen molar-refractivity contribution in [3.05, 3.63) is 24.3 Å². The highest BCUT2D eigenvalue weighted by Gasteiger charge is 2.35. The number of carbonyl (C=O) groups is 2. The van der Waals surface area contributed by atoms with Gasteiger partial charge in [-0.05, 0) is 50.7 Å². The van der Waals surface area contributed by atoms with Gasteiger partial charge in [-0.25, -0.2) is 4.79 Å². The Morgan fingerprint density at radius 1 is 1.00 bits per heavy atom. The van der Waals surface area contributed by atoms with Crippen LogP contribution in [0, 0.1) is 5.92 Å². The molecule has 0 radical (unpaired) electrons. The molecule has 0 N–H and O–H groups in total. The second-order valence-corrected chi connectivity index (χ2v) is 8.16. The van der Waals surface area contributed by atoms with E-state index < -0.39 is 0 Å². The first-order valence-electron chi connectivity index (χ1n) is 10.8. The smallest absolute Gasteiger partial charge is 0.324 e. The normalized spacial score (nSPS) is 23.2. The molecule has 0 spiro atoms. The van der Waals surface area contributed by atoms with Gasteiger partial charge in [0, 0.05) is 32.1 Å². The predicted molar refractivity (Wildman–Crippen MR) is 109 cm³/mol. The Kier molecular flexibility index (Phi) is 5.74. The molecule has 0 aliphatic carbocycles. The molecule has 2 saturated heterocycles. The van der Waals surface area contributed by atoms with Crippen LogP contribution >= 0.6 is 0 Å². The lowest BCUT2D eigenvalue weighted by Crippen LogP contribution is -2.52. The Labute approximate surface area is 167 Å². The maximum Gasteiger partial charge on any atom is 0.324 e. The van der Waals surface area contributed by atoms with E-state index in [4.69, 9.17) is 4.74 Å². The average Bonchev–Trinajstić information content (AvgIpc) is 2.78. The van der Waals surface area contributed by atoms with E-state index in [2.05, 4.69) is 6.92 Å². The van der Waals surface area contributed by atoms with E-state index in [1.165, 1.54) is 6.42 Å². The lowest BCUT2D eigenvalue weighted by molar-refractivity contribution is -0.137. The van der Waals surface area contributed by atoms with Crippen LogP contribution in [0.2, 0.25) is 0 Å². The molecule has 0 aromatic heterocycles. The monoisotopic (exact) mass is 385 g/mol. The number of hydrogen-bond acceptors (Lipinski definition) is 3. The van der Waals surface area contributed by atoms with Gasteiger partial charge < -0.3 is 14.5 Å². The van der Waals surface area contributed by atoms with Crippen LogP contribution in [0.25, 0.3) is 0 Å². The molecule has 2 fully saturated rings. The summed E-state index contributed by atoms with van der Waals surface area (Å²) in [5.41, 5.74) is 0.851. The number of amides is 3. The van der Waals surface area contributed by atoms with Crippen LogP contribution < -0.4 is 9.64 Å². The van der Waals surface area contributed by atoms with Crippen LogP contribution in [-0.2, 0) is 4.79 Å². The number of rotatable bonds is 2. The fraction of sp³-hybridized carbons (Fsp3) is 0.636. The molecule has 3 aliphatic rings. The molecule has 0 saturated carbocycles. The van der Waals surface area contributed by atoms with Crippen molar-refractivity contribution in [1.29, 1.82) is 0 Å². The minimum Gasteiger partial charge on any atom is -0.486 e. The molecular formula is C22H31N3O3. The molecule has 6 heteroatoms. The molecule has 0 bridgehead atoms. The Morgan fingerprint density at radius 2 is 1.71 bits per heavy atom. The summed E-state index contributed by atoms with van der Waals surface area (Å²) in [5.74, 6) is 1.15. The SMILES string of the molecule is CCC1CN(C(=O)N2CCC(C(=O)N3CCCCC3)CC2)c2ccccc2O1. The van der Waals surface area contributed by atoms with E-state index in [1.807, 2.05) is 39.0 Å². The van der Waals surface area contributed by atoms with E-state index in [0.717, 1.165) is 56.6 Å². The molecule has 28 heavy (non-hydrogen) atoms. The minimum absolute atomic E-state index is 0.0251. The Bertz CT molecular complexity index is 709.